The van der Waals surface area contributed by atoms with Crippen LogP contribution in [0.25, 0.3) is 0 Å². The number of nitrogen functional groups attached to an aromatic ring is 1. The van der Waals surface area contributed by atoms with Gasteiger partial charge in [-0.05, 0) is 12.1 Å². The molecule has 0 radical (unpaired) electrons. The zero-order valence-electron chi connectivity index (χ0n) is 9.75. The van der Waals surface area contributed by atoms with Gasteiger partial charge in [-0.3, -0.25) is 4.79 Å². The third-order valence-electron chi connectivity index (χ3n) is 2.27. The molecule has 0 aliphatic rings. The van der Waals surface area contributed by atoms with Crippen molar-refractivity contribution in [3.8, 4) is 5.75 Å². The van der Waals surface area contributed by atoms with Crippen molar-refractivity contribution in [3.05, 3.63) is 42.4 Å². The van der Waals surface area contributed by atoms with Crippen LogP contribution in [0, 0.1) is 0 Å². The highest BCUT2D eigenvalue weighted by atomic mass is 16.5. The smallest absolute Gasteiger partial charge is 0.278 e. The zero-order chi connectivity index (χ0) is 13.0. The minimum absolute atomic E-state index is 0.0953. The molecule has 0 aliphatic carbocycles. The second-order valence-corrected chi connectivity index (χ2v) is 3.48. The zero-order valence-corrected chi connectivity index (χ0v) is 9.75. The summed E-state index contributed by atoms with van der Waals surface area (Å²) < 4.78 is 5.06. The molecule has 1 heterocycles. The van der Waals surface area contributed by atoms with Gasteiger partial charge in [0.1, 0.15) is 5.75 Å². The molecular formula is C12H12N4O2. The number of ether oxygens (including phenoxy) is 1. The summed E-state index contributed by atoms with van der Waals surface area (Å²) in [5.41, 5.74) is 6.27. The van der Waals surface area contributed by atoms with E-state index in [4.69, 9.17) is 10.5 Å². The number of hydrogen-bond donors (Lipinski definition) is 2. The van der Waals surface area contributed by atoms with E-state index in [1.807, 2.05) is 0 Å². The van der Waals surface area contributed by atoms with Gasteiger partial charge in [0.25, 0.3) is 5.91 Å². The molecule has 6 heteroatoms. The molecular weight excluding hydrogens is 232 g/mol. The van der Waals surface area contributed by atoms with Gasteiger partial charge >= 0.3 is 0 Å². The summed E-state index contributed by atoms with van der Waals surface area (Å²) in [5, 5.41) is 2.67. The molecule has 2 aromatic rings. The van der Waals surface area contributed by atoms with Crippen LogP contribution in [0.4, 0.5) is 11.5 Å². The molecule has 0 aliphatic heterocycles. The van der Waals surface area contributed by atoms with Gasteiger partial charge in [0.15, 0.2) is 11.5 Å². The molecule has 0 saturated carbocycles. The van der Waals surface area contributed by atoms with Crippen LogP contribution in [0.15, 0.2) is 36.7 Å². The van der Waals surface area contributed by atoms with E-state index in [-0.39, 0.29) is 11.5 Å². The summed E-state index contributed by atoms with van der Waals surface area (Å²) in [6.07, 6.45) is 2.84. The number of carbonyl (C=O) groups excluding carboxylic acids is 1. The topological polar surface area (TPSA) is 90.1 Å². The van der Waals surface area contributed by atoms with E-state index in [0.717, 1.165) is 0 Å². The minimum atomic E-state index is -0.408. The fourth-order valence-corrected chi connectivity index (χ4v) is 1.41. The van der Waals surface area contributed by atoms with Crippen LogP contribution in [-0.4, -0.2) is 23.0 Å². The van der Waals surface area contributed by atoms with Crippen molar-refractivity contribution >= 4 is 17.4 Å². The summed E-state index contributed by atoms with van der Waals surface area (Å²) in [4.78, 5) is 19.6. The first kappa shape index (κ1) is 11.8. The molecule has 1 aromatic heterocycles. The highest BCUT2D eigenvalue weighted by Crippen LogP contribution is 2.17. The Balaban J connectivity index is 2.19. The van der Waals surface area contributed by atoms with E-state index >= 15 is 0 Å². The van der Waals surface area contributed by atoms with Crippen molar-refractivity contribution in [3.63, 3.8) is 0 Å². The van der Waals surface area contributed by atoms with Crippen molar-refractivity contribution in [2.75, 3.05) is 18.2 Å². The Morgan fingerprint density at radius 3 is 2.83 bits per heavy atom. The molecule has 0 atom stereocenters. The van der Waals surface area contributed by atoms with E-state index in [0.29, 0.717) is 11.4 Å². The molecule has 0 saturated heterocycles. The van der Waals surface area contributed by atoms with E-state index in [2.05, 4.69) is 15.3 Å². The lowest BCUT2D eigenvalue weighted by molar-refractivity contribution is 0.102. The molecule has 92 valence electrons. The van der Waals surface area contributed by atoms with E-state index in [1.54, 1.807) is 31.4 Å². The Morgan fingerprint density at radius 2 is 2.11 bits per heavy atom. The molecule has 6 nitrogen and oxygen atoms in total. The monoisotopic (exact) mass is 244 g/mol. The largest absolute Gasteiger partial charge is 0.497 e. The molecule has 0 spiro atoms. The van der Waals surface area contributed by atoms with Crippen LogP contribution in [0.3, 0.4) is 0 Å². The average molecular weight is 244 g/mol. The van der Waals surface area contributed by atoms with Crippen LogP contribution < -0.4 is 15.8 Å². The molecule has 1 amide bonds. The Bertz CT molecular complexity index is 572. The normalized spacial score (nSPS) is 9.83. The summed E-state index contributed by atoms with van der Waals surface area (Å²) in [7, 11) is 1.56. The first-order valence-electron chi connectivity index (χ1n) is 5.22. The Morgan fingerprint density at radius 1 is 1.33 bits per heavy atom. The Labute approximate surface area is 104 Å². The predicted molar refractivity (Wildman–Crippen MR) is 67.4 cm³/mol. The van der Waals surface area contributed by atoms with Crippen molar-refractivity contribution in [1.29, 1.82) is 0 Å². The average Bonchev–Trinajstić information content (AvgIpc) is 2.39. The highest BCUT2D eigenvalue weighted by Gasteiger charge is 2.12. The number of nitrogens with two attached hydrogens (primary N) is 1. The van der Waals surface area contributed by atoms with Gasteiger partial charge in [-0.15, -0.1) is 0 Å². The summed E-state index contributed by atoms with van der Waals surface area (Å²) >= 11 is 0. The van der Waals surface area contributed by atoms with Crippen LogP contribution >= 0.6 is 0 Å². The number of nitrogens with zero attached hydrogens (tertiary/aromatic N) is 2. The maximum atomic E-state index is 11.9. The highest BCUT2D eigenvalue weighted by molar-refractivity contribution is 6.05. The lowest BCUT2D eigenvalue weighted by Crippen LogP contribution is -2.16. The maximum absolute atomic E-state index is 11.9. The second kappa shape index (κ2) is 5.13. The van der Waals surface area contributed by atoms with Crippen molar-refractivity contribution in [2.24, 2.45) is 0 Å². The lowest BCUT2D eigenvalue weighted by Gasteiger charge is -2.07. The van der Waals surface area contributed by atoms with Crippen molar-refractivity contribution in [1.82, 2.24) is 9.97 Å². The number of aromatic nitrogens is 2. The first-order valence-corrected chi connectivity index (χ1v) is 5.22. The number of methoxy groups -OCH3 is 1. The molecule has 2 rings (SSSR count). The maximum Gasteiger partial charge on any atom is 0.278 e. The number of hydrogen-bond acceptors (Lipinski definition) is 5. The lowest BCUT2D eigenvalue weighted by atomic mass is 10.3. The summed E-state index contributed by atoms with van der Waals surface area (Å²) in [5.74, 6) is 0.340. The van der Waals surface area contributed by atoms with Gasteiger partial charge in [-0.2, -0.15) is 0 Å². The van der Waals surface area contributed by atoms with Crippen LogP contribution in [0.5, 0.6) is 5.75 Å². The second-order valence-electron chi connectivity index (χ2n) is 3.48. The number of carbonyl (C=O) groups is 1. The van der Waals surface area contributed by atoms with Crippen LogP contribution in [0.1, 0.15) is 10.5 Å². The fraction of sp³-hybridized carbons (Fsp3) is 0.0833. The van der Waals surface area contributed by atoms with Crippen molar-refractivity contribution in [2.45, 2.75) is 0 Å². The van der Waals surface area contributed by atoms with E-state index in [9.17, 15) is 4.79 Å². The molecule has 3 N–H and O–H groups in total. The molecule has 0 fully saturated rings. The molecule has 0 unspecified atom stereocenters. The van der Waals surface area contributed by atoms with Gasteiger partial charge in [-0.25, -0.2) is 9.97 Å². The van der Waals surface area contributed by atoms with Gasteiger partial charge < -0.3 is 15.8 Å². The van der Waals surface area contributed by atoms with E-state index in [1.165, 1.54) is 12.4 Å². The Kier molecular flexibility index (Phi) is 3.38. The minimum Gasteiger partial charge on any atom is -0.497 e. The molecule has 0 bridgehead atoms. The first-order chi connectivity index (χ1) is 8.70. The van der Waals surface area contributed by atoms with Gasteiger partial charge in [0.2, 0.25) is 0 Å². The molecule has 1 aromatic carbocycles. The number of benzene rings is 1. The number of anilines is 2. The Hall–Kier alpha value is -2.63. The number of nitrogens with one attached hydrogen (secondary N) is 1. The van der Waals surface area contributed by atoms with Crippen LogP contribution in [0.2, 0.25) is 0 Å². The van der Waals surface area contributed by atoms with Gasteiger partial charge in [0.05, 0.1) is 7.11 Å². The fourth-order valence-electron chi connectivity index (χ4n) is 1.41. The summed E-state index contributed by atoms with van der Waals surface area (Å²) in [6, 6.07) is 7.00. The number of rotatable bonds is 3. The SMILES string of the molecule is COc1cccc(NC(=O)c2nccnc2N)c1. The van der Waals surface area contributed by atoms with Crippen molar-refractivity contribution < 1.29 is 9.53 Å². The molecule has 18 heavy (non-hydrogen) atoms. The number of amides is 1. The third-order valence-corrected chi connectivity index (χ3v) is 2.27. The van der Waals surface area contributed by atoms with E-state index < -0.39 is 5.91 Å². The third kappa shape index (κ3) is 2.54. The standard InChI is InChI=1S/C12H12N4O2/c1-18-9-4-2-3-8(7-9)16-12(17)10-11(13)15-6-5-14-10/h2-7H,1H3,(H2,13,15)(H,16,17). The van der Waals surface area contributed by atoms with Gasteiger partial charge in [-0.1, -0.05) is 6.07 Å². The quantitative estimate of drug-likeness (QED) is 0.849. The van der Waals surface area contributed by atoms with Crippen LogP contribution in [-0.2, 0) is 0 Å². The predicted octanol–water partition coefficient (Wildman–Crippen LogP) is 1.32. The summed E-state index contributed by atoms with van der Waals surface area (Å²) in [6.45, 7) is 0. The van der Waals surface area contributed by atoms with Gasteiger partial charge in [0, 0.05) is 24.1 Å².